The fourth-order valence-electron chi connectivity index (χ4n) is 11.5. The molecular weight excluding hydrogens is 851 g/mol. The van der Waals surface area contributed by atoms with E-state index in [-0.39, 0.29) is 0 Å². The molecule has 3 nitrogen and oxygen atoms in total. The minimum absolute atomic E-state index is 0.554. The van der Waals surface area contributed by atoms with Crippen LogP contribution in [0.25, 0.3) is 88.4 Å². The predicted octanol–water partition coefficient (Wildman–Crippen LogP) is 18.3. The molecule has 70 heavy (non-hydrogen) atoms. The van der Waals surface area contributed by atoms with Gasteiger partial charge < -0.3 is 13.7 Å². The van der Waals surface area contributed by atoms with Crippen LogP contribution < -0.4 is 4.90 Å². The molecule has 0 saturated carbocycles. The lowest BCUT2D eigenvalue weighted by molar-refractivity contribution is 0.664. The summed E-state index contributed by atoms with van der Waals surface area (Å²) in [5.41, 5.74) is 20.1. The first kappa shape index (κ1) is 39.9. The van der Waals surface area contributed by atoms with Crippen molar-refractivity contribution in [3.05, 3.63) is 283 Å². The highest BCUT2D eigenvalue weighted by atomic mass is 16.3. The Morgan fingerprint density at radius 1 is 0.300 bits per heavy atom. The minimum atomic E-state index is -0.554. The average Bonchev–Trinajstić information content (AvgIpc) is 4.09. The Bertz CT molecular complexity index is 4060. The Hall–Kier alpha value is -9.18. The van der Waals surface area contributed by atoms with Gasteiger partial charge in [0.05, 0.1) is 5.41 Å². The zero-order valence-electron chi connectivity index (χ0n) is 38.1. The number of hydrogen-bond acceptors (Lipinski definition) is 3. The van der Waals surface area contributed by atoms with E-state index in [9.17, 15) is 0 Å². The van der Waals surface area contributed by atoms with Crippen molar-refractivity contribution in [1.29, 1.82) is 0 Å². The van der Waals surface area contributed by atoms with Crippen LogP contribution in [0.1, 0.15) is 22.3 Å². The number of nitrogens with zero attached hydrogens (tertiary/aromatic N) is 1. The molecule has 11 aromatic carbocycles. The van der Waals surface area contributed by atoms with E-state index in [0.29, 0.717) is 0 Å². The van der Waals surface area contributed by atoms with Gasteiger partial charge in [0, 0.05) is 50.2 Å². The number of hydrogen-bond donors (Lipinski definition) is 0. The average molecular weight is 894 g/mol. The summed E-state index contributed by atoms with van der Waals surface area (Å²) in [6.07, 6.45) is 0. The zero-order valence-corrected chi connectivity index (χ0v) is 38.1. The summed E-state index contributed by atoms with van der Waals surface area (Å²) < 4.78 is 13.9. The summed E-state index contributed by atoms with van der Waals surface area (Å²) in [7, 11) is 0. The molecule has 13 aromatic rings. The maximum atomic E-state index is 7.23. The molecule has 0 N–H and O–H groups in total. The van der Waals surface area contributed by atoms with Gasteiger partial charge in [-0.3, -0.25) is 0 Å². The fraction of sp³-hybridized carbons (Fsp3) is 0.0149. The molecule has 14 rings (SSSR count). The molecule has 328 valence electrons. The summed E-state index contributed by atoms with van der Waals surface area (Å²) in [6.45, 7) is 0. The topological polar surface area (TPSA) is 29.5 Å². The van der Waals surface area contributed by atoms with Crippen molar-refractivity contribution in [2.75, 3.05) is 4.90 Å². The van der Waals surface area contributed by atoms with E-state index in [1.807, 2.05) is 12.1 Å². The van der Waals surface area contributed by atoms with Crippen LogP contribution in [0.15, 0.2) is 270 Å². The van der Waals surface area contributed by atoms with E-state index >= 15 is 0 Å². The second-order valence-electron chi connectivity index (χ2n) is 18.3. The van der Waals surface area contributed by atoms with Crippen molar-refractivity contribution in [3.63, 3.8) is 0 Å². The fourth-order valence-corrected chi connectivity index (χ4v) is 11.5. The molecule has 1 aliphatic carbocycles. The van der Waals surface area contributed by atoms with Gasteiger partial charge in [0.15, 0.2) is 0 Å². The van der Waals surface area contributed by atoms with Crippen LogP contribution in [-0.2, 0) is 5.41 Å². The minimum Gasteiger partial charge on any atom is -0.456 e. The lowest BCUT2D eigenvalue weighted by Gasteiger charge is -2.35. The Morgan fingerprint density at radius 3 is 1.60 bits per heavy atom. The van der Waals surface area contributed by atoms with Gasteiger partial charge in [0.25, 0.3) is 0 Å². The smallest absolute Gasteiger partial charge is 0.144 e. The van der Waals surface area contributed by atoms with E-state index < -0.39 is 5.41 Å². The van der Waals surface area contributed by atoms with Gasteiger partial charge in [-0.05, 0) is 110 Å². The SMILES string of the molecule is c1ccc(-c2ccc(-c3c4oc5cc(N(c6cccc(-c7ccccc7)c6)c6ccc7c(c6)C(c6ccccc6)(c6ccccc6)c6ccccc6-7)ccc5c4cc4oc5ccccc5c34)cc2)cc1. The summed E-state index contributed by atoms with van der Waals surface area (Å²) in [5.74, 6) is 0. The van der Waals surface area contributed by atoms with Gasteiger partial charge >= 0.3 is 0 Å². The molecule has 0 fully saturated rings. The Kier molecular flexibility index (Phi) is 9.11. The van der Waals surface area contributed by atoms with Crippen LogP contribution in [0.2, 0.25) is 0 Å². The van der Waals surface area contributed by atoms with Gasteiger partial charge in [0.2, 0.25) is 0 Å². The van der Waals surface area contributed by atoms with Crippen LogP contribution >= 0.6 is 0 Å². The van der Waals surface area contributed by atoms with Gasteiger partial charge in [-0.1, -0.05) is 206 Å². The van der Waals surface area contributed by atoms with Crippen molar-refractivity contribution in [2.45, 2.75) is 5.41 Å². The number of anilines is 3. The summed E-state index contributed by atoms with van der Waals surface area (Å²) in [4.78, 5) is 2.39. The first-order valence-electron chi connectivity index (χ1n) is 24.0. The molecule has 1 aliphatic rings. The Balaban J connectivity index is 1.00. The first-order chi connectivity index (χ1) is 34.7. The highest BCUT2D eigenvalue weighted by Crippen LogP contribution is 2.57. The van der Waals surface area contributed by atoms with Crippen molar-refractivity contribution in [2.24, 2.45) is 0 Å². The van der Waals surface area contributed by atoms with Gasteiger partial charge in [-0.15, -0.1) is 0 Å². The summed E-state index contributed by atoms with van der Waals surface area (Å²) in [5, 5.41) is 4.15. The molecule has 0 atom stereocenters. The molecule has 0 radical (unpaired) electrons. The summed E-state index contributed by atoms with van der Waals surface area (Å²) >= 11 is 0. The number of para-hydroxylation sites is 1. The standard InChI is InChI=1S/C67H43NO2/c1-5-18-44(19-6-1)46-32-34-47(35-33-46)64-65-57-29-14-16-31-61(57)69-63(65)43-58-56-39-37-53(42-62(56)70-66(58)64)68(51-27-17-22-48(40-51)45-20-7-2-8-21-45)52-36-38-55-54-28-13-15-30-59(54)67(60(55)41-52,49-23-9-3-10-24-49)50-25-11-4-12-26-50/h1-43H. The van der Waals surface area contributed by atoms with Gasteiger partial charge in [-0.25, -0.2) is 0 Å². The molecule has 2 heterocycles. The number of furan rings is 2. The lowest BCUT2D eigenvalue weighted by Crippen LogP contribution is -2.28. The third kappa shape index (κ3) is 6.15. The van der Waals surface area contributed by atoms with Crippen molar-refractivity contribution in [1.82, 2.24) is 0 Å². The highest BCUT2D eigenvalue weighted by Gasteiger charge is 2.46. The third-order valence-electron chi connectivity index (χ3n) is 14.5. The largest absolute Gasteiger partial charge is 0.456 e. The molecular formula is C67H43NO2. The number of benzene rings is 11. The van der Waals surface area contributed by atoms with E-state index in [1.54, 1.807) is 0 Å². The van der Waals surface area contributed by atoms with Gasteiger partial charge in [-0.2, -0.15) is 0 Å². The molecule has 0 unspecified atom stereocenters. The van der Waals surface area contributed by atoms with Crippen LogP contribution in [0.4, 0.5) is 17.1 Å². The van der Waals surface area contributed by atoms with Crippen LogP contribution in [-0.4, -0.2) is 0 Å². The number of fused-ring (bicyclic) bond motifs is 9. The molecule has 3 heteroatoms. The summed E-state index contributed by atoms with van der Waals surface area (Å²) in [6, 6.07) is 94.1. The molecule has 2 aromatic heterocycles. The maximum absolute atomic E-state index is 7.23. The Labute approximate surface area is 405 Å². The highest BCUT2D eigenvalue weighted by molar-refractivity contribution is 6.23. The number of rotatable bonds is 8. The van der Waals surface area contributed by atoms with Crippen molar-refractivity contribution < 1.29 is 8.83 Å². The molecule has 0 saturated heterocycles. The normalized spacial score (nSPS) is 12.7. The van der Waals surface area contributed by atoms with Crippen molar-refractivity contribution in [3.8, 4) is 44.5 Å². The Morgan fingerprint density at radius 2 is 0.857 bits per heavy atom. The molecule has 0 amide bonds. The monoisotopic (exact) mass is 893 g/mol. The third-order valence-corrected chi connectivity index (χ3v) is 14.5. The lowest BCUT2D eigenvalue weighted by atomic mass is 9.67. The van der Waals surface area contributed by atoms with E-state index in [1.165, 1.54) is 38.9 Å². The molecule has 0 spiro atoms. The van der Waals surface area contributed by atoms with Crippen LogP contribution in [0, 0.1) is 0 Å². The molecule has 0 aliphatic heterocycles. The first-order valence-corrected chi connectivity index (χ1v) is 24.0. The molecule has 0 bridgehead atoms. The van der Waals surface area contributed by atoms with Gasteiger partial charge in [0.1, 0.15) is 22.3 Å². The quantitative estimate of drug-likeness (QED) is 0.152. The predicted molar refractivity (Wildman–Crippen MR) is 289 cm³/mol. The van der Waals surface area contributed by atoms with E-state index in [2.05, 4.69) is 254 Å². The zero-order chi connectivity index (χ0) is 46.2. The second-order valence-corrected chi connectivity index (χ2v) is 18.3. The second kappa shape index (κ2) is 16.0. The van der Waals surface area contributed by atoms with Crippen LogP contribution in [0.3, 0.4) is 0 Å². The van der Waals surface area contributed by atoms with E-state index in [0.717, 1.165) is 88.8 Å². The van der Waals surface area contributed by atoms with Crippen molar-refractivity contribution >= 4 is 60.9 Å². The maximum Gasteiger partial charge on any atom is 0.144 e. The van der Waals surface area contributed by atoms with Crippen LogP contribution in [0.5, 0.6) is 0 Å². The van der Waals surface area contributed by atoms with E-state index in [4.69, 9.17) is 8.83 Å².